The van der Waals surface area contributed by atoms with Crippen molar-refractivity contribution in [1.82, 2.24) is 0 Å². The minimum atomic E-state index is -0.394. The van der Waals surface area contributed by atoms with Crippen molar-refractivity contribution in [2.75, 3.05) is 0 Å². The van der Waals surface area contributed by atoms with Crippen LogP contribution in [0, 0.1) is 12.7 Å². The maximum Gasteiger partial charge on any atom is 0.194 e. The number of ketones is 1. The lowest BCUT2D eigenvalue weighted by molar-refractivity contribution is 0.103. The molecule has 92 valence electrons. The second-order valence-corrected chi connectivity index (χ2v) is 5.24. The average Bonchev–Trinajstić information content (AvgIpc) is 2.32. The molecule has 2 rings (SSSR count). The summed E-state index contributed by atoms with van der Waals surface area (Å²) in [6.45, 7) is 1.65. The van der Waals surface area contributed by atoms with Crippen molar-refractivity contribution in [3.05, 3.63) is 68.4 Å². The van der Waals surface area contributed by atoms with E-state index in [1.165, 1.54) is 6.07 Å². The van der Waals surface area contributed by atoms with E-state index in [1.807, 2.05) is 0 Å². The summed E-state index contributed by atoms with van der Waals surface area (Å²) in [5.41, 5.74) is 1.17. The van der Waals surface area contributed by atoms with E-state index in [0.717, 1.165) is 4.47 Å². The maximum atomic E-state index is 13.4. The van der Waals surface area contributed by atoms with Crippen LogP contribution in [0.1, 0.15) is 21.5 Å². The fraction of sp³-hybridized carbons (Fsp3) is 0.0714. The highest BCUT2D eigenvalue weighted by Gasteiger charge is 2.14. The molecule has 0 aliphatic heterocycles. The molecule has 0 heterocycles. The summed E-state index contributed by atoms with van der Waals surface area (Å²) >= 11 is 9.27. The summed E-state index contributed by atoms with van der Waals surface area (Å²) in [5, 5.41) is 0.343. The van der Waals surface area contributed by atoms with Gasteiger partial charge in [0.2, 0.25) is 0 Å². The van der Waals surface area contributed by atoms with E-state index < -0.39 is 5.82 Å². The van der Waals surface area contributed by atoms with Gasteiger partial charge in [-0.1, -0.05) is 39.7 Å². The Bertz CT molecular complexity index is 625. The highest BCUT2D eigenvalue weighted by molar-refractivity contribution is 9.10. The third kappa shape index (κ3) is 2.62. The minimum absolute atomic E-state index is 0.286. The Morgan fingerprint density at radius 2 is 1.94 bits per heavy atom. The Hall–Kier alpha value is -1.19. The predicted molar refractivity (Wildman–Crippen MR) is 73.7 cm³/mol. The van der Waals surface area contributed by atoms with Crippen LogP contribution >= 0.6 is 27.5 Å². The number of benzene rings is 2. The Kier molecular flexibility index (Phi) is 3.83. The van der Waals surface area contributed by atoms with E-state index in [4.69, 9.17) is 11.6 Å². The summed E-state index contributed by atoms with van der Waals surface area (Å²) < 4.78 is 14.2. The summed E-state index contributed by atoms with van der Waals surface area (Å²) in [6.07, 6.45) is 0. The highest BCUT2D eigenvalue weighted by atomic mass is 79.9. The number of carbonyl (C=O) groups is 1. The van der Waals surface area contributed by atoms with Crippen LogP contribution in [0.25, 0.3) is 0 Å². The molecule has 0 spiro atoms. The fourth-order valence-corrected chi connectivity index (χ4v) is 2.32. The van der Waals surface area contributed by atoms with Crippen molar-refractivity contribution in [3.8, 4) is 0 Å². The molecule has 0 fully saturated rings. The Labute approximate surface area is 118 Å². The first-order chi connectivity index (χ1) is 8.49. The molecule has 0 radical (unpaired) electrons. The standard InChI is InChI=1S/C14H9BrClFO/c1-8-2-3-9(6-13(8)17)14(18)11-5-4-10(15)7-12(11)16/h2-7H,1H3. The topological polar surface area (TPSA) is 17.1 Å². The van der Waals surface area contributed by atoms with E-state index in [9.17, 15) is 9.18 Å². The molecule has 0 saturated carbocycles. The molecular weight excluding hydrogens is 319 g/mol. The normalized spacial score (nSPS) is 10.4. The average molecular weight is 328 g/mol. The number of rotatable bonds is 2. The molecule has 18 heavy (non-hydrogen) atoms. The van der Waals surface area contributed by atoms with Crippen LogP contribution in [-0.4, -0.2) is 5.78 Å². The second-order valence-electron chi connectivity index (χ2n) is 3.92. The zero-order valence-electron chi connectivity index (χ0n) is 9.51. The third-order valence-corrected chi connectivity index (χ3v) is 3.42. The molecule has 4 heteroatoms. The molecule has 2 aromatic carbocycles. The van der Waals surface area contributed by atoms with Crippen LogP contribution in [0.3, 0.4) is 0 Å². The zero-order valence-corrected chi connectivity index (χ0v) is 11.8. The van der Waals surface area contributed by atoms with Gasteiger partial charge in [-0.2, -0.15) is 0 Å². The van der Waals surface area contributed by atoms with Crippen LogP contribution < -0.4 is 0 Å². The summed E-state index contributed by atoms with van der Waals surface area (Å²) in [7, 11) is 0. The first kappa shape index (κ1) is 13.2. The molecule has 0 atom stereocenters. The number of hydrogen-bond acceptors (Lipinski definition) is 1. The zero-order chi connectivity index (χ0) is 13.3. The van der Waals surface area contributed by atoms with Gasteiger partial charge in [-0.05, 0) is 36.8 Å². The number of halogens is 3. The summed E-state index contributed by atoms with van der Waals surface area (Å²) in [5.74, 6) is -0.680. The minimum Gasteiger partial charge on any atom is -0.289 e. The first-order valence-electron chi connectivity index (χ1n) is 5.25. The van der Waals surface area contributed by atoms with E-state index in [2.05, 4.69) is 15.9 Å². The largest absolute Gasteiger partial charge is 0.289 e. The van der Waals surface area contributed by atoms with E-state index in [-0.39, 0.29) is 5.78 Å². The monoisotopic (exact) mass is 326 g/mol. The second kappa shape index (κ2) is 5.21. The molecule has 0 unspecified atom stereocenters. The van der Waals surface area contributed by atoms with E-state index in [1.54, 1.807) is 37.3 Å². The van der Waals surface area contributed by atoms with Gasteiger partial charge in [-0.15, -0.1) is 0 Å². The van der Waals surface area contributed by atoms with Crippen molar-refractivity contribution in [2.45, 2.75) is 6.92 Å². The fourth-order valence-electron chi connectivity index (χ4n) is 1.56. The lowest BCUT2D eigenvalue weighted by Crippen LogP contribution is -2.03. The lowest BCUT2D eigenvalue weighted by atomic mass is 10.0. The SMILES string of the molecule is Cc1ccc(C(=O)c2ccc(Br)cc2Cl)cc1F. The summed E-state index contributed by atoms with van der Waals surface area (Å²) in [4.78, 5) is 12.2. The lowest BCUT2D eigenvalue weighted by Gasteiger charge is -2.05. The van der Waals surface area contributed by atoms with Gasteiger partial charge >= 0.3 is 0 Å². The summed E-state index contributed by atoms with van der Waals surface area (Å²) in [6, 6.07) is 9.39. The van der Waals surface area contributed by atoms with Crippen molar-refractivity contribution in [2.24, 2.45) is 0 Å². The van der Waals surface area contributed by atoms with Crippen LogP contribution in [0.4, 0.5) is 4.39 Å². The maximum absolute atomic E-state index is 13.4. The Morgan fingerprint density at radius 3 is 2.56 bits per heavy atom. The number of hydrogen-bond donors (Lipinski definition) is 0. The van der Waals surface area contributed by atoms with Gasteiger partial charge in [-0.25, -0.2) is 4.39 Å². The molecular formula is C14H9BrClFO. The van der Waals surface area contributed by atoms with Crippen LogP contribution in [0.5, 0.6) is 0 Å². The smallest absolute Gasteiger partial charge is 0.194 e. The van der Waals surface area contributed by atoms with E-state index in [0.29, 0.717) is 21.7 Å². The van der Waals surface area contributed by atoms with Gasteiger partial charge in [0.25, 0.3) is 0 Å². The van der Waals surface area contributed by atoms with Crippen molar-refractivity contribution in [1.29, 1.82) is 0 Å². The van der Waals surface area contributed by atoms with Crippen molar-refractivity contribution in [3.63, 3.8) is 0 Å². The van der Waals surface area contributed by atoms with Gasteiger partial charge in [0.1, 0.15) is 5.82 Å². The molecule has 2 aromatic rings. The quantitative estimate of drug-likeness (QED) is 0.725. The van der Waals surface area contributed by atoms with Crippen molar-refractivity contribution < 1.29 is 9.18 Å². The number of aryl methyl sites for hydroxylation is 1. The van der Waals surface area contributed by atoms with Crippen LogP contribution in [-0.2, 0) is 0 Å². The number of carbonyl (C=O) groups excluding carboxylic acids is 1. The van der Waals surface area contributed by atoms with E-state index >= 15 is 0 Å². The van der Waals surface area contributed by atoms with Gasteiger partial charge in [-0.3, -0.25) is 4.79 Å². The molecule has 0 bridgehead atoms. The molecule has 0 saturated heterocycles. The van der Waals surface area contributed by atoms with Gasteiger partial charge in [0.05, 0.1) is 5.02 Å². The van der Waals surface area contributed by atoms with Gasteiger partial charge in [0, 0.05) is 15.6 Å². The molecule has 0 N–H and O–H groups in total. The molecule has 0 amide bonds. The molecule has 0 aliphatic rings. The predicted octanol–water partition coefficient (Wildman–Crippen LogP) is 4.78. The first-order valence-corrected chi connectivity index (χ1v) is 6.42. The van der Waals surface area contributed by atoms with Crippen LogP contribution in [0.2, 0.25) is 5.02 Å². The molecule has 0 aliphatic carbocycles. The van der Waals surface area contributed by atoms with Gasteiger partial charge in [0.15, 0.2) is 5.78 Å². The van der Waals surface area contributed by atoms with Gasteiger partial charge < -0.3 is 0 Å². The van der Waals surface area contributed by atoms with Crippen molar-refractivity contribution >= 4 is 33.3 Å². The van der Waals surface area contributed by atoms with Crippen LogP contribution in [0.15, 0.2) is 40.9 Å². The third-order valence-electron chi connectivity index (χ3n) is 2.61. The molecule has 1 nitrogen and oxygen atoms in total. The molecule has 0 aromatic heterocycles. The Morgan fingerprint density at radius 1 is 1.22 bits per heavy atom. The highest BCUT2D eigenvalue weighted by Crippen LogP contribution is 2.24. The Balaban J connectivity index is 2.44.